The average molecular weight is 234 g/mol. The van der Waals surface area contributed by atoms with Gasteiger partial charge in [-0.2, -0.15) is 0 Å². The molecule has 0 saturated carbocycles. The third-order valence-electron chi connectivity index (χ3n) is 3.40. The number of benzene rings is 3. The summed E-state index contributed by atoms with van der Waals surface area (Å²) in [5.41, 5.74) is 8.96. The van der Waals surface area contributed by atoms with Gasteiger partial charge in [0, 0.05) is 0 Å². The smallest absolute Gasteiger partial charge is 0.0528 e. The molecular formula is C17H16N. The Kier molecular flexibility index (Phi) is 2.39. The van der Waals surface area contributed by atoms with Gasteiger partial charge in [0.15, 0.2) is 0 Å². The summed E-state index contributed by atoms with van der Waals surface area (Å²) in [7, 11) is 0. The highest BCUT2D eigenvalue weighted by Gasteiger charge is 2.21. The summed E-state index contributed by atoms with van der Waals surface area (Å²) < 4.78 is 0. The molecule has 0 amide bonds. The summed E-state index contributed by atoms with van der Waals surface area (Å²) >= 11 is 0. The van der Waals surface area contributed by atoms with Gasteiger partial charge in [-0.15, -0.1) is 0 Å². The van der Waals surface area contributed by atoms with Crippen molar-refractivity contribution in [2.24, 2.45) is 0 Å². The predicted molar refractivity (Wildman–Crippen MR) is 77.6 cm³/mol. The van der Waals surface area contributed by atoms with E-state index in [0.717, 1.165) is 5.56 Å². The van der Waals surface area contributed by atoms with Crippen LogP contribution in [-0.4, -0.2) is 0 Å². The predicted octanol–water partition coefficient (Wildman–Crippen LogP) is 4.51. The van der Waals surface area contributed by atoms with E-state index >= 15 is 0 Å². The number of rotatable bonds is 1. The SMILES string of the molecule is CC(C)([NH])c1c2ccccc2cc2ccccc12. The number of hydrogen-bond acceptors (Lipinski definition) is 0. The molecule has 0 bridgehead atoms. The minimum absolute atomic E-state index is 0.597. The van der Waals surface area contributed by atoms with Gasteiger partial charge in [0.1, 0.15) is 0 Å². The molecule has 1 nitrogen and oxygen atoms in total. The Morgan fingerprint density at radius 1 is 0.778 bits per heavy atom. The third-order valence-corrected chi connectivity index (χ3v) is 3.40. The first-order chi connectivity index (χ1) is 8.57. The zero-order chi connectivity index (χ0) is 12.8. The molecule has 18 heavy (non-hydrogen) atoms. The van der Waals surface area contributed by atoms with Gasteiger partial charge >= 0.3 is 0 Å². The first-order valence-corrected chi connectivity index (χ1v) is 6.23. The highest BCUT2D eigenvalue weighted by atomic mass is 14.7. The van der Waals surface area contributed by atoms with Gasteiger partial charge < -0.3 is 0 Å². The van der Waals surface area contributed by atoms with Crippen LogP contribution in [0.15, 0.2) is 54.6 Å². The summed E-state index contributed by atoms with van der Waals surface area (Å²) in [6.07, 6.45) is 0. The largest absolute Gasteiger partial charge is 0.247 e. The Labute approximate surface area is 107 Å². The normalized spacial score (nSPS) is 12.2. The molecule has 0 atom stereocenters. The van der Waals surface area contributed by atoms with Crippen molar-refractivity contribution in [1.82, 2.24) is 5.73 Å². The first kappa shape index (κ1) is 11.2. The summed E-state index contributed by atoms with van der Waals surface area (Å²) in [5, 5.41) is 4.81. The minimum Gasteiger partial charge on any atom is -0.247 e. The molecule has 0 aliphatic carbocycles. The lowest BCUT2D eigenvalue weighted by molar-refractivity contribution is 0.542. The standard InChI is InChI=1S/C17H16N/c1-17(2,18)16-14-9-5-3-7-12(14)11-13-8-4-6-10-15(13)16/h3-11,18H,1-2H3. The molecule has 3 rings (SSSR count). The Morgan fingerprint density at radius 2 is 1.22 bits per heavy atom. The van der Waals surface area contributed by atoms with Crippen LogP contribution in [0.25, 0.3) is 21.5 Å². The van der Waals surface area contributed by atoms with E-state index in [1.807, 2.05) is 26.0 Å². The lowest BCUT2D eigenvalue weighted by atomic mass is 9.86. The van der Waals surface area contributed by atoms with Crippen molar-refractivity contribution < 1.29 is 0 Å². The van der Waals surface area contributed by atoms with Crippen molar-refractivity contribution in [1.29, 1.82) is 0 Å². The molecule has 0 unspecified atom stereocenters. The molecule has 0 aliphatic heterocycles. The van der Waals surface area contributed by atoms with E-state index < -0.39 is 5.54 Å². The van der Waals surface area contributed by atoms with E-state index in [4.69, 9.17) is 5.73 Å². The monoisotopic (exact) mass is 234 g/mol. The zero-order valence-corrected chi connectivity index (χ0v) is 10.7. The second-order valence-electron chi connectivity index (χ2n) is 5.32. The third kappa shape index (κ3) is 1.68. The topological polar surface area (TPSA) is 23.8 Å². The second kappa shape index (κ2) is 3.82. The fraction of sp³-hybridized carbons (Fsp3) is 0.176. The lowest BCUT2D eigenvalue weighted by Crippen LogP contribution is -2.19. The Balaban J connectivity index is 2.58. The van der Waals surface area contributed by atoms with E-state index in [0.29, 0.717) is 0 Å². The molecule has 0 saturated heterocycles. The van der Waals surface area contributed by atoms with Crippen LogP contribution in [0.4, 0.5) is 0 Å². The molecule has 1 radical (unpaired) electrons. The molecule has 0 heterocycles. The van der Waals surface area contributed by atoms with Gasteiger partial charge in [0.05, 0.1) is 5.54 Å². The van der Waals surface area contributed by atoms with E-state index in [9.17, 15) is 0 Å². The molecule has 0 spiro atoms. The Hall–Kier alpha value is -1.86. The maximum Gasteiger partial charge on any atom is 0.0528 e. The Morgan fingerprint density at radius 3 is 1.67 bits per heavy atom. The fourth-order valence-corrected chi connectivity index (χ4v) is 2.69. The number of hydrogen-bond donors (Lipinski definition) is 0. The van der Waals surface area contributed by atoms with Crippen LogP contribution in [0.3, 0.4) is 0 Å². The Bertz CT molecular complexity index is 666. The van der Waals surface area contributed by atoms with E-state index in [1.165, 1.54) is 21.5 Å². The van der Waals surface area contributed by atoms with E-state index in [-0.39, 0.29) is 0 Å². The molecule has 0 aliphatic rings. The van der Waals surface area contributed by atoms with Gasteiger partial charge in [-0.3, -0.25) is 0 Å². The van der Waals surface area contributed by atoms with Gasteiger partial charge in [-0.25, -0.2) is 5.73 Å². The van der Waals surface area contributed by atoms with Gasteiger partial charge in [0.2, 0.25) is 0 Å². The highest BCUT2D eigenvalue weighted by molar-refractivity contribution is 6.03. The second-order valence-corrected chi connectivity index (χ2v) is 5.32. The first-order valence-electron chi connectivity index (χ1n) is 6.23. The molecule has 3 aromatic carbocycles. The van der Waals surface area contributed by atoms with Crippen LogP contribution < -0.4 is 5.73 Å². The van der Waals surface area contributed by atoms with Crippen molar-refractivity contribution >= 4 is 21.5 Å². The summed E-state index contributed by atoms with van der Waals surface area (Å²) in [5.74, 6) is 0. The molecule has 1 heteroatoms. The molecule has 0 fully saturated rings. The van der Waals surface area contributed by atoms with E-state index in [1.54, 1.807) is 0 Å². The van der Waals surface area contributed by atoms with Crippen molar-refractivity contribution in [3.05, 3.63) is 60.2 Å². The summed E-state index contributed by atoms with van der Waals surface area (Å²) in [6.45, 7) is 3.92. The van der Waals surface area contributed by atoms with Crippen molar-refractivity contribution in [3.8, 4) is 0 Å². The van der Waals surface area contributed by atoms with Crippen molar-refractivity contribution in [2.45, 2.75) is 19.4 Å². The van der Waals surface area contributed by atoms with Crippen LogP contribution in [0.2, 0.25) is 0 Å². The van der Waals surface area contributed by atoms with Crippen LogP contribution in [0.5, 0.6) is 0 Å². The maximum atomic E-state index is 8.44. The fourth-order valence-electron chi connectivity index (χ4n) is 2.69. The molecular weight excluding hydrogens is 218 g/mol. The summed E-state index contributed by atoms with van der Waals surface area (Å²) in [6, 6.07) is 18.9. The molecule has 0 aromatic heterocycles. The lowest BCUT2D eigenvalue weighted by Gasteiger charge is -2.23. The minimum atomic E-state index is -0.597. The van der Waals surface area contributed by atoms with Gasteiger partial charge in [-0.1, -0.05) is 48.5 Å². The average Bonchev–Trinajstić information content (AvgIpc) is 2.34. The van der Waals surface area contributed by atoms with Crippen LogP contribution >= 0.6 is 0 Å². The summed E-state index contributed by atoms with van der Waals surface area (Å²) in [4.78, 5) is 0. The van der Waals surface area contributed by atoms with Gasteiger partial charge in [-0.05, 0) is 47.0 Å². The zero-order valence-electron chi connectivity index (χ0n) is 10.7. The van der Waals surface area contributed by atoms with Crippen molar-refractivity contribution in [2.75, 3.05) is 0 Å². The van der Waals surface area contributed by atoms with Crippen molar-refractivity contribution in [3.63, 3.8) is 0 Å². The quantitative estimate of drug-likeness (QED) is 0.553. The van der Waals surface area contributed by atoms with Crippen LogP contribution in [0.1, 0.15) is 19.4 Å². The highest BCUT2D eigenvalue weighted by Crippen LogP contribution is 2.34. The molecule has 1 N–H and O–H groups in total. The molecule has 3 aromatic rings. The van der Waals surface area contributed by atoms with E-state index in [2.05, 4.69) is 42.5 Å². The number of fused-ring (bicyclic) bond motifs is 2. The van der Waals surface area contributed by atoms with Crippen LogP contribution in [0, 0.1) is 0 Å². The number of nitrogens with one attached hydrogen (secondary N) is 1. The maximum absolute atomic E-state index is 8.44. The van der Waals surface area contributed by atoms with Crippen LogP contribution in [-0.2, 0) is 5.54 Å². The molecule has 89 valence electrons. The van der Waals surface area contributed by atoms with Gasteiger partial charge in [0.25, 0.3) is 0 Å².